The standard InChI is InChI=1S/C16H11F3N2S/c17-16(18,19)14-13(10-6-2-1-3-7-10)20-15-21(14)11-8-4-5-9-12(11)22-15/h1-9,15,20H. The molecule has 0 saturated carbocycles. The summed E-state index contributed by atoms with van der Waals surface area (Å²) < 4.78 is 41.0. The maximum absolute atomic E-state index is 13.7. The van der Waals surface area contributed by atoms with Gasteiger partial charge < -0.3 is 10.2 Å². The van der Waals surface area contributed by atoms with Crippen LogP contribution in [0.1, 0.15) is 5.56 Å². The van der Waals surface area contributed by atoms with Crippen LogP contribution in [0.2, 0.25) is 0 Å². The van der Waals surface area contributed by atoms with Gasteiger partial charge in [0.2, 0.25) is 0 Å². The summed E-state index contributed by atoms with van der Waals surface area (Å²) in [5.74, 6) is 0. The van der Waals surface area contributed by atoms with Crippen LogP contribution in [0.5, 0.6) is 0 Å². The second kappa shape index (κ2) is 4.71. The minimum atomic E-state index is -4.43. The molecule has 0 aromatic heterocycles. The van der Waals surface area contributed by atoms with Crippen molar-refractivity contribution in [1.82, 2.24) is 5.32 Å². The predicted octanol–water partition coefficient (Wildman–Crippen LogP) is 4.42. The van der Waals surface area contributed by atoms with E-state index in [2.05, 4.69) is 5.32 Å². The number of halogens is 3. The highest BCUT2D eigenvalue weighted by Gasteiger charge is 2.50. The summed E-state index contributed by atoms with van der Waals surface area (Å²) in [7, 11) is 0. The zero-order valence-corrected chi connectivity index (χ0v) is 12.1. The predicted molar refractivity (Wildman–Crippen MR) is 81.1 cm³/mol. The Morgan fingerprint density at radius 1 is 0.955 bits per heavy atom. The molecule has 2 aromatic rings. The van der Waals surface area contributed by atoms with Gasteiger partial charge in [0.1, 0.15) is 5.70 Å². The maximum Gasteiger partial charge on any atom is 0.433 e. The lowest BCUT2D eigenvalue weighted by atomic mass is 10.1. The lowest BCUT2D eigenvalue weighted by molar-refractivity contribution is -0.0920. The van der Waals surface area contributed by atoms with Crippen LogP contribution in [0.15, 0.2) is 65.2 Å². The van der Waals surface area contributed by atoms with Crippen molar-refractivity contribution in [1.29, 1.82) is 0 Å². The topological polar surface area (TPSA) is 15.3 Å². The molecular weight excluding hydrogens is 309 g/mol. The van der Waals surface area contributed by atoms with Crippen molar-refractivity contribution >= 4 is 23.1 Å². The van der Waals surface area contributed by atoms with Crippen molar-refractivity contribution in [3.63, 3.8) is 0 Å². The van der Waals surface area contributed by atoms with E-state index in [1.54, 1.807) is 42.5 Å². The van der Waals surface area contributed by atoms with Crippen molar-refractivity contribution in [2.45, 2.75) is 16.6 Å². The quantitative estimate of drug-likeness (QED) is 0.837. The van der Waals surface area contributed by atoms with Crippen LogP contribution in [-0.2, 0) is 0 Å². The number of allylic oxidation sites excluding steroid dienone is 1. The number of fused-ring (bicyclic) bond motifs is 3. The Morgan fingerprint density at radius 3 is 2.36 bits per heavy atom. The molecule has 0 spiro atoms. The summed E-state index contributed by atoms with van der Waals surface area (Å²) in [5.41, 5.74) is 0.205. The van der Waals surface area contributed by atoms with Crippen molar-refractivity contribution in [2.24, 2.45) is 0 Å². The third-order valence-corrected chi connectivity index (χ3v) is 4.83. The summed E-state index contributed by atoms with van der Waals surface area (Å²) >= 11 is 1.40. The summed E-state index contributed by atoms with van der Waals surface area (Å²) in [6.07, 6.45) is -4.43. The fourth-order valence-corrected chi connectivity index (χ4v) is 3.99. The number of para-hydroxylation sites is 1. The van der Waals surface area contributed by atoms with Gasteiger partial charge in [0.15, 0.2) is 5.50 Å². The molecule has 2 aromatic carbocycles. The first-order chi connectivity index (χ1) is 10.6. The minimum Gasteiger partial charge on any atom is -0.354 e. The Bertz CT molecular complexity index is 755. The van der Waals surface area contributed by atoms with Gasteiger partial charge in [0, 0.05) is 4.90 Å². The summed E-state index contributed by atoms with van der Waals surface area (Å²) in [6, 6.07) is 15.8. The van der Waals surface area contributed by atoms with Crippen molar-refractivity contribution in [3.05, 3.63) is 65.9 Å². The summed E-state index contributed by atoms with van der Waals surface area (Å²) in [5, 5.41) is 3.02. The molecule has 1 unspecified atom stereocenters. The zero-order valence-electron chi connectivity index (χ0n) is 11.3. The van der Waals surface area contributed by atoms with Crippen molar-refractivity contribution in [3.8, 4) is 0 Å². The molecule has 2 aliphatic rings. The van der Waals surface area contributed by atoms with Crippen LogP contribution < -0.4 is 10.2 Å². The van der Waals surface area contributed by atoms with E-state index in [1.165, 1.54) is 16.7 Å². The molecule has 0 amide bonds. The molecule has 6 heteroatoms. The SMILES string of the molecule is FC(F)(F)C1=C(c2ccccc2)NC2Sc3ccccc3N12. The molecule has 2 nitrogen and oxygen atoms in total. The Labute approximate surface area is 129 Å². The zero-order chi connectivity index (χ0) is 15.3. The molecule has 0 fully saturated rings. The number of anilines is 1. The van der Waals surface area contributed by atoms with Gasteiger partial charge in [0.05, 0.1) is 11.4 Å². The number of rotatable bonds is 1. The monoisotopic (exact) mass is 320 g/mol. The molecule has 22 heavy (non-hydrogen) atoms. The van der Waals surface area contributed by atoms with E-state index in [0.717, 1.165) is 4.90 Å². The first-order valence-electron chi connectivity index (χ1n) is 6.74. The van der Waals surface area contributed by atoms with Crippen LogP contribution in [0.3, 0.4) is 0 Å². The normalized spacial score (nSPS) is 20.0. The molecule has 2 aliphatic heterocycles. The molecule has 0 aliphatic carbocycles. The van der Waals surface area contributed by atoms with Crippen LogP contribution in [0, 0.1) is 0 Å². The van der Waals surface area contributed by atoms with E-state index in [4.69, 9.17) is 0 Å². The Morgan fingerprint density at radius 2 is 1.64 bits per heavy atom. The van der Waals surface area contributed by atoms with Gasteiger partial charge in [-0.1, -0.05) is 54.2 Å². The molecule has 4 rings (SSSR count). The first kappa shape index (κ1) is 13.6. The molecule has 2 heterocycles. The van der Waals surface area contributed by atoms with Gasteiger partial charge in [-0.15, -0.1) is 0 Å². The summed E-state index contributed by atoms with van der Waals surface area (Å²) in [6.45, 7) is 0. The van der Waals surface area contributed by atoms with Crippen molar-refractivity contribution < 1.29 is 13.2 Å². The van der Waals surface area contributed by atoms with E-state index < -0.39 is 17.4 Å². The van der Waals surface area contributed by atoms with Gasteiger partial charge in [-0.2, -0.15) is 13.2 Å². The second-order valence-electron chi connectivity index (χ2n) is 5.04. The molecule has 1 N–H and O–H groups in total. The molecule has 0 saturated heterocycles. The number of thioether (sulfide) groups is 1. The fraction of sp³-hybridized carbons (Fsp3) is 0.125. The van der Waals surface area contributed by atoms with Gasteiger partial charge in [-0.3, -0.25) is 0 Å². The molecule has 0 radical (unpaired) electrons. The van der Waals surface area contributed by atoms with Crippen molar-refractivity contribution in [2.75, 3.05) is 4.90 Å². The Balaban J connectivity index is 1.90. The van der Waals surface area contributed by atoms with E-state index in [-0.39, 0.29) is 5.70 Å². The van der Waals surface area contributed by atoms with Crippen LogP contribution in [0.4, 0.5) is 18.9 Å². The Hall–Kier alpha value is -2.08. The van der Waals surface area contributed by atoms with E-state index in [0.29, 0.717) is 11.3 Å². The van der Waals surface area contributed by atoms with Gasteiger partial charge in [-0.05, 0) is 17.7 Å². The van der Waals surface area contributed by atoms with Crippen LogP contribution in [0.25, 0.3) is 5.70 Å². The first-order valence-corrected chi connectivity index (χ1v) is 7.62. The van der Waals surface area contributed by atoms with Crippen LogP contribution in [-0.4, -0.2) is 11.7 Å². The number of alkyl halides is 3. The highest BCUT2D eigenvalue weighted by Crippen LogP contribution is 2.52. The van der Waals surface area contributed by atoms with E-state index in [1.807, 2.05) is 12.1 Å². The van der Waals surface area contributed by atoms with Crippen LogP contribution >= 0.6 is 11.8 Å². The van der Waals surface area contributed by atoms with E-state index >= 15 is 0 Å². The maximum atomic E-state index is 13.7. The number of benzene rings is 2. The molecule has 1 atom stereocenters. The Kier molecular flexibility index (Phi) is 2.91. The van der Waals surface area contributed by atoms with Gasteiger partial charge in [0.25, 0.3) is 0 Å². The third-order valence-electron chi connectivity index (χ3n) is 3.67. The minimum absolute atomic E-state index is 0.139. The lowest BCUT2D eigenvalue weighted by Gasteiger charge is -2.22. The molecule has 0 bridgehead atoms. The fourth-order valence-electron chi connectivity index (χ4n) is 2.80. The smallest absolute Gasteiger partial charge is 0.354 e. The number of hydrogen-bond donors (Lipinski definition) is 1. The van der Waals surface area contributed by atoms with E-state index in [9.17, 15) is 13.2 Å². The number of nitrogens with zero attached hydrogens (tertiary/aromatic N) is 1. The van der Waals surface area contributed by atoms with Gasteiger partial charge >= 0.3 is 6.18 Å². The second-order valence-corrected chi connectivity index (χ2v) is 6.16. The third kappa shape index (κ3) is 1.98. The van der Waals surface area contributed by atoms with Gasteiger partial charge in [-0.25, -0.2) is 0 Å². The number of nitrogens with one attached hydrogen (secondary N) is 1. The number of hydrogen-bond acceptors (Lipinski definition) is 3. The summed E-state index contributed by atoms with van der Waals surface area (Å²) in [4.78, 5) is 2.20. The largest absolute Gasteiger partial charge is 0.433 e. The molecule has 112 valence electrons. The average molecular weight is 320 g/mol. The average Bonchev–Trinajstić information content (AvgIpc) is 3.03. The molecular formula is C16H11F3N2S. The highest BCUT2D eigenvalue weighted by atomic mass is 32.2. The lowest BCUT2D eigenvalue weighted by Crippen LogP contribution is -2.34. The highest BCUT2D eigenvalue weighted by molar-refractivity contribution is 8.00.